The first-order valence-corrected chi connectivity index (χ1v) is 6.94. The summed E-state index contributed by atoms with van der Waals surface area (Å²) < 4.78 is 36.6. The highest BCUT2D eigenvalue weighted by atomic mass is 19.4. The second-order valence-electron chi connectivity index (χ2n) is 4.99. The third kappa shape index (κ3) is 4.80. The minimum absolute atomic E-state index is 0.0600. The van der Waals surface area contributed by atoms with Crippen LogP contribution in [0.15, 0.2) is 42.6 Å². The molecule has 1 aromatic carbocycles. The first-order chi connectivity index (χ1) is 11.3. The van der Waals surface area contributed by atoms with Crippen LogP contribution in [0, 0.1) is 6.92 Å². The summed E-state index contributed by atoms with van der Waals surface area (Å²) in [5, 5.41) is 4.28. The van der Waals surface area contributed by atoms with Crippen molar-refractivity contribution in [2.75, 3.05) is 11.9 Å². The molecular weight excluding hydrogens is 323 g/mol. The summed E-state index contributed by atoms with van der Waals surface area (Å²) in [5.41, 5.74) is 1.06. The van der Waals surface area contributed by atoms with Gasteiger partial charge in [-0.2, -0.15) is 13.2 Å². The fourth-order valence-electron chi connectivity index (χ4n) is 1.86. The number of aromatic nitrogens is 1. The molecule has 2 aromatic rings. The third-order valence-electron chi connectivity index (χ3n) is 3.04. The third-order valence-corrected chi connectivity index (χ3v) is 3.04. The Labute approximate surface area is 135 Å². The standard InChI is InChI=1S/C16H14F3N3O2/c1-10-6-7-11(8-20-10)14(23)22-13-5-3-2-4-12(13)15(24)21-9-16(17,18)19/h2-8H,9H2,1H3,(H,21,24)(H,22,23). The van der Waals surface area contributed by atoms with Crippen molar-refractivity contribution in [1.29, 1.82) is 0 Å². The van der Waals surface area contributed by atoms with Gasteiger partial charge in [-0.25, -0.2) is 0 Å². The molecular formula is C16H14F3N3O2. The van der Waals surface area contributed by atoms with Gasteiger partial charge in [0.15, 0.2) is 0 Å². The average Bonchev–Trinajstić information content (AvgIpc) is 2.53. The van der Waals surface area contributed by atoms with Crippen LogP contribution in [-0.2, 0) is 0 Å². The number of carbonyl (C=O) groups excluding carboxylic acids is 2. The zero-order valence-electron chi connectivity index (χ0n) is 12.6. The van der Waals surface area contributed by atoms with Crippen LogP contribution in [-0.4, -0.2) is 29.5 Å². The van der Waals surface area contributed by atoms with Gasteiger partial charge in [0.1, 0.15) is 6.54 Å². The Hall–Kier alpha value is -2.90. The molecule has 0 saturated carbocycles. The number of halogens is 3. The molecule has 0 spiro atoms. The normalized spacial score (nSPS) is 11.0. The van der Waals surface area contributed by atoms with Crippen molar-refractivity contribution in [3.63, 3.8) is 0 Å². The van der Waals surface area contributed by atoms with Gasteiger partial charge in [0.05, 0.1) is 16.8 Å². The van der Waals surface area contributed by atoms with Gasteiger partial charge in [-0.3, -0.25) is 14.6 Å². The number of nitrogens with zero attached hydrogens (tertiary/aromatic N) is 1. The maximum atomic E-state index is 12.2. The molecule has 5 nitrogen and oxygen atoms in total. The molecule has 1 heterocycles. The molecule has 24 heavy (non-hydrogen) atoms. The van der Waals surface area contributed by atoms with Crippen LogP contribution in [0.5, 0.6) is 0 Å². The van der Waals surface area contributed by atoms with Crippen LogP contribution in [0.25, 0.3) is 0 Å². The zero-order chi connectivity index (χ0) is 17.7. The van der Waals surface area contributed by atoms with E-state index in [0.717, 1.165) is 5.69 Å². The molecule has 1 aromatic heterocycles. The van der Waals surface area contributed by atoms with E-state index >= 15 is 0 Å². The molecule has 0 bridgehead atoms. The predicted octanol–water partition coefficient (Wildman–Crippen LogP) is 2.93. The first kappa shape index (κ1) is 17.5. The van der Waals surface area contributed by atoms with Crippen molar-refractivity contribution in [1.82, 2.24) is 10.3 Å². The minimum Gasteiger partial charge on any atom is -0.343 e. The second-order valence-corrected chi connectivity index (χ2v) is 4.99. The van der Waals surface area contributed by atoms with Crippen LogP contribution < -0.4 is 10.6 Å². The summed E-state index contributed by atoms with van der Waals surface area (Å²) in [4.78, 5) is 28.0. The Morgan fingerprint density at radius 2 is 1.79 bits per heavy atom. The highest BCUT2D eigenvalue weighted by Crippen LogP contribution is 2.18. The molecule has 2 amide bonds. The molecule has 0 radical (unpaired) electrons. The SMILES string of the molecule is Cc1ccc(C(=O)Nc2ccccc2C(=O)NCC(F)(F)F)cn1. The van der Waals surface area contributed by atoms with Crippen molar-refractivity contribution in [2.45, 2.75) is 13.1 Å². The van der Waals surface area contributed by atoms with Gasteiger partial charge in [0, 0.05) is 11.9 Å². The summed E-state index contributed by atoms with van der Waals surface area (Å²) in [7, 11) is 0. The van der Waals surface area contributed by atoms with Gasteiger partial charge in [-0.1, -0.05) is 12.1 Å². The highest BCUT2D eigenvalue weighted by Gasteiger charge is 2.28. The van der Waals surface area contributed by atoms with E-state index in [1.165, 1.54) is 24.4 Å². The fraction of sp³-hybridized carbons (Fsp3) is 0.188. The number of anilines is 1. The molecule has 0 atom stereocenters. The lowest BCUT2D eigenvalue weighted by Gasteiger charge is -2.12. The number of nitrogens with one attached hydrogen (secondary N) is 2. The number of carbonyl (C=O) groups is 2. The lowest BCUT2D eigenvalue weighted by atomic mass is 10.1. The molecule has 8 heteroatoms. The van der Waals surface area contributed by atoms with Crippen molar-refractivity contribution < 1.29 is 22.8 Å². The van der Waals surface area contributed by atoms with Crippen molar-refractivity contribution >= 4 is 17.5 Å². The molecule has 2 N–H and O–H groups in total. The van der Waals surface area contributed by atoms with Crippen molar-refractivity contribution in [3.05, 3.63) is 59.4 Å². The first-order valence-electron chi connectivity index (χ1n) is 6.94. The smallest absolute Gasteiger partial charge is 0.343 e. The van der Waals surface area contributed by atoms with E-state index in [2.05, 4.69) is 10.3 Å². The van der Waals surface area contributed by atoms with Gasteiger partial charge in [-0.05, 0) is 31.2 Å². The fourth-order valence-corrected chi connectivity index (χ4v) is 1.86. The summed E-state index contributed by atoms with van der Waals surface area (Å²) >= 11 is 0. The topological polar surface area (TPSA) is 71.1 Å². The minimum atomic E-state index is -4.51. The number of para-hydroxylation sites is 1. The molecule has 2 rings (SSSR count). The van der Waals surface area contributed by atoms with Crippen molar-refractivity contribution in [2.24, 2.45) is 0 Å². The van der Waals surface area contributed by atoms with Crippen LogP contribution in [0.4, 0.5) is 18.9 Å². The van der Waals surface area contributed by atoms with E-state index in [4.69, 9.17) is 0 Å². The van der Waals surface area contributed by atoms with Gasteiger partial charge >= 0.3 is 6.18 Å². The van der Waals surface area contributed by atoms with E-state index in [9.17, 15) is 22.8 Å². The number of benzene rings is 1. The second kappa shape index (κ2) is 7.12. The summed E-state index contributed by atoms with van der Waals surface area (Å²) in [5.74, 6) is -1.44. The lowest BCUT2D eigenvalue weighted by molar-refractivity contribution is -0.123. The maximum absolute atomic E-state index is 12.2. The predicted molar refractivity (Wildman–Crippen MR) is 81.8 cm³/mol. The quantitative estimate of drug-likeness (QED) is 0.901. The summed E-state index contributed by atoms with van der Waals surface area (Å²) in [6, 6.07) is 9.02. The van der Waals surface area contributed by atoms with Crippen LogP contribution in [0.2, 0.25) is 0 Å². The van der Waals surface area contributed by atoms with E-state index in [1.807, 2.05) is 0 Å². The number of aryl methyl sites for hydroxylation is 1. The molecule has 0 aliphatic rings. The zero-order valence-corrected chi connectivity index (χ0v) is 12.6. The Morgan fingerprint density at radius 3 is 2.42 bits per heavy atom. The molecule has 0 unspecified atom stereocenters. The number of rotatable bonds is 4. The van der Waals surface area contributed by atoms with E-state index in [-0.39, 0.29) is 16.8 Å². The van der Waals surface area contributed by atoms with Gasteiger partial charge in [-0.15, -0.1) is 0 Å². The number of hydrogen-bond donors (Lipinski definition) is 2. The van der Waals surface area contributed by atoms with Gasteiger partial charge in [0.25, 0.3) is 11.8 Å². The monoisotopic (exact) mass is 337 g/mol. The Kier molecular flexibility index (Phi) is 5.18. The van der Waals surface area contributed by atoms with E-state index < -0.39 is 24.5 Å². The average molecular weight is 337 g/mol. The molecule has 0 fully saturated rings. The molecule has 0 aliphatic carbocycles. The number of alkyl halides is 3. The Morgan fingerprint density at radius 1 is 1.08 bits per heavy atom. The van der Waals surface area contributed by atoms with Gasteiger partial charge in [0.2, 0.25) is 0 Å². The summed E-state index contributed by atoms with van der Waals surface area (Å²) in [6.07, 6.45) is -3.14. The van der Waals surface area contributed by atoms with Crippen LogP contribution in [0.1, 0.15) is 26.4 Å². The molecule has 0 saturated heterocycles. The number of hydrogen-bond acceptors (Lipinski definition) is 3. The van der Waals surface area contributed by atoms with Crippen molar-refractivity contribution in [3.8, 4) is 0 Å². The largest absolute Gasteiger partial charge is 0.405 e. The molecule has 0 aliphatic heterocycles. The molecule has 126 valence electrons. The van der Waals surface area contributed by atoms with E-state index in [0.29, 0.717) is 0 Å². The Bertz CT molecular complexity index is 743. The maximum Gasteiger partial charge on any atom is 0.405 e. The van der Waals surface area contributed by atoms with Crippen LogP contribution in [0.3, 0.4) is 0 Å². The Balaban J connectivity index is 2.15. The summed E-state index contributed by atoms with van der Waals surface area (Å²) in [6.45, 7) is 0.317. The van der Waals surface area contributed by atoms with Crippen LogP contribution >= 0.6 is 0 Å². The highest BCUT2D eigenvalue weighted by molar-refractivity contribution is 6.08. The van der Waals surface area contributed by atoms with E-state index in [1.54, 1.807) is 30.4 Å². The lowest BCUT2D eigenvalue weighted by Crippen LogP contribution is -2.34. The number of amides is 2. The number of pyridine rings is 1. The van der Waals surface area contributed by atoms with Gasteiger partial charge < -0.3 is 10.6 Å².